The number of aliphatic imine (C=N–C) groups is 1. The number of carbonyl (C=O) groups excluding carboxylic acids is 1. The predicted octanol–water partition coefficient (Wildman–Crippen LogP) is 1.39. The van der Waals surface area contributed by atoms with Crippen molar-refractivity contribution in [2.45, 2.75) is 18.9 Å². The van der Waals surface area contributed by atoms with Crippen LogP contribution in [0.2, 0.25) is 0 Å². The molecule has 1 aliphatic carbocycles. The van der Waals surface area contributed by atoms with Gasteiger partial charge in [0.1, 0.15) is 11.9 Å². The Kier molecular flexibility index (Phi) is 2.17. The standard InChI is InChI=1S/C10H12N4OS/c11-9-8(7-3-12-5-16-7)14(10(15)13-9)4-6-1-2-6/h3,5-6,8H,1-2,4H2,(H2,11,13,15). The van der Waals surface area contributed by atoms with Gasteiger partial charge in [0.25, 0.3) is 0 Å². The summed E-state index contributed by atoms with van der Waals surface area (Å²) in [6.45, 7) is 0.769. The van der Waals surface area contributed by atoms with Crippen molar-refractivity contribution >= 4 is 23.2 Å². The van der Waals surface area contributed by atoms with Gasteiger partial charge in [0, 0.05) is 12.7 Å². The molecule has 0 spiro atoms. The van der Waals surface area contributed by atoms with Crippen LogP contribution < -0.4 is 5.73 Å². The van der Waals surface area contributed by atoms with E-state index in [2.05, 4.69) is 9.98 Å². The molecule has 0 saturated heterocycles. The van der Waals surface area contributed by atoms with Crippen LogP contribution in [0.3, 0.4) is 0 Å². The molecule has 16 heavy (non-hydrogen) atoms. The Morgan fingerprint density at radius 1 is 1.56 bits per heavy atom. The Bertz CT molecular complexity index is 438. The summed E-state index contributed by atoms with van der Waals surface area (Å²) in [4.78, 5) is 22.3. The van der Waals surface area contributed by atoms with Gasteiger partial charge < -0.3 is 10.6 Å². The minimum atomic E-state index is -0.206. The van der Waals surface area contributed by atoms with E-state index < -0.39 is 0 Å². The summed E-state index contributed by atoms with van der Waals surface area (Å²) < 4.78 is 0. The maximum absolute atomic E-state index is 11.7. The van der Waals surface area contributed by atoms with Crippen LogP contribution in [0.1, 0.15) is 23.8 Å². The first-order chi connectivity index (χ1) is 7.75. The van der Waals surface area contributed by atoms with Crippen LogP contribution in [-0.4, -0.2) is 28.3 Å². The van der Waals surface area contributed by atoms with Gasteiger partial charge >= 0.3 is 6.03 Å². The molecule has 1 unspecified atom stereocenters. The van der Waals surface area contributed by atoms with Crippen LogP contribution in [-0.2, 0) is 0 Å². The number of nitrogens with two attached hydrogens (primary N) is 1. The molecule has 1 fully saturated rings. The molecule has 2 amide bonds. The van der Waals surface area contributed by atoms with Crippen molar-refractivity contribution in [1.82, 2.24) is 9.88 Å². The first kappa shape index (κ1) is 9.77. The number of amidine groups is 1. The topological polar surface area (TPSA) is 71.6 Å². The van der Waals surface area contributed by atoms with Crippen LogP contribution in [0.15, 0.2) is 16.7 Å². The lowest BCUT2D eigenvalue weighted by Gasteiger charge is -2.22. The lowest BCUT2D eigenvalue weighted by atomic mass is 10.2. The van der Waals surface area contributed by atoms with Crippen molar-refractivity contribution in [3.05, 3.63) is 16.6 Å². The molecular weight excluding hydrogens is 224 g/mol. The van der Waals surface area contributed by atoms with Crippen molar-refractivity contribution in [2.24, 2.45) is 16.6 Å². The second kappa shape index (κ2) is 3.55. The van der Waals surface area contributed by atoms with Crippen LogP contribution in [0.25, 0.3) is 0 Å². The fourth-order valence-corrected chi connectivity index (χ4v) is 2.67. The maximum atomic E-state index is 11.7. The van der Waals surface area contributed by atoms with Crippen molar-refractivity contribution in [3.63, 3.8) is 0 Å². The van der Waals surface area contributed by atoms with Crippen LogP contribution in [0, 0.1) is 5.92 Å². The Morgan fingerprint density at radius 3 is 3.00 bits per heavy atom. The monoisotopic (exact) mass is 236 g/mol. The van der Waals surface area contributed by atoms with Crippen molar-refractivity contribution in [1.29, 1.82) is 0 Å². The van der Waals surface area contributed by atoms with Gasteiger partial charge in [-0.15, -0.1) is 11.3 Å². The van der Waals surface area contributed by atoms with E-state index in [1.54, 1.807) is 16.6 Å². The molecule has 2 N–H and O–H groups in total. The molecule has 1 aromatic heterocycles. The average molecular weight is 236 g/mol. The molecule has 6 heteroatoms. The largest absolute Gasteiger partial charge is 0.385 e. The maximum Gasteiger partial charge on any atom is 0.346 e. The second-order valence-corrected chi connectivity index (χ2v) is 5.14. The van der Waals surface area contributed by atoms with Crippen molar-refractivity contribution in [2.75, 3.05) is 6.54 Å². The van der Waals surface area contributed by atoms with E-state index in [0.29, 0.717) is 11.8 Å². The molecular formula is C10H12N4OS. The van der Waals surface area contributed by atoms with Gasteiger partial charge in [-0.25, -0.2) is 4.79 Å². The third kappa shape index (κ3) is 1.59. The van der Waals surface area contributed by atoms with Crippen LogP contribution >= 0.6 is 11.3 Å². The number of carbonyl (C=O) groups is 1. The van der Waals surface area contributed by atoms with Crippen molar-refractivity contribution < 1.29 is 4.79 Å². The summed E-state index contributed by atoms with van der Waals surface area (Å²) in [5, 5.41) is 0. The van der Waals surface area contributed by atoms with Crippen LogP contribution in [0.5, 0.6) is 0 Å². The zero-order chi connectivity index (χ0) is 11.1. The summed E-state index contributed by atoms with van der Waals surface area (Å²) in [6.07, 6.45) is 4.18. The zero-order valence-corrected chi connectivity index (χ0v) is 9.48. The highest BCUT2D eigenvalue weighted by molar-refractivity contribution is 7.09. The fraction of sp³-hybridized carbons (Fsp3) is 0.500. The molecule has 1 saturated carbocycles. The number of rotatable bonds is 3. The van der Waals surface area contributed by atoms with E-state index >= 15 is 0 Å². The van der Waals surface area contributed by atoms with Crippen molar-refractivity contribution in [3.8, 4) is 0 Å². The molecule has 3 rings (SSSR count). The molecule has 0 bridgehead atoms. The summed E-state index contributed by atoms with van der Waals surface area (Å²) >= 11 is 1.51. The van der Waals surface area contributed by atoms with Gasteiger partial charge in [-0.3, -0.25) is 4.98 Å². The van der Waals surface area contributed by atoms with Gasteiger partial charge in [-0.1, -0.05) is 0 Å². The molecule has 84 valence electrons. The van der Waals surface area contributed by atoms with E-state index in [9.17, 15) is 4.79 Å². The highest BCUT2D eigenvalue weighted by Crippen LogP contribution is 2.36. The van der Waals surface area contributed by atoms with E-state index in [-0.39, 0.29) is 12.1 Å². The minimum Gasteiger partial charge on any atom is -0.385 e. The third-order valence-corrected chi connectivity index (χ3v) is 3.76. The second-order valence-electron chi connectivity index (χ2n) is 4.22. The Morgan fingerprint density at radius 2 is 2.38 bits per heavy atom. The van der Waals surface area contributed by atoms with Gasteiger partial charge in [0.15, 0.2) is 0 Å². The molecule has 0 radical (unpaired) electrons. The summed E-state index contributed by atoms with van der Waals surface area (Å²) in [7, 11) is 0. The number of nitrogens with zero attached hydrogens (tertiary/aromatic N) is 3. The van der Waals surface area contributed by atoms with Gasteiger partial charge in [-0.2, -0.15) is 4.99 Å². The zero-order valence-electron chi connectivity index (χ0n) is 8.67. The first-order valence-electron chi connectivity index (χ1n) is 5.29. The van der Waals surface area contributed by atoms with E-state index in [0.717, 1.165) is 11.4 Å². The Hall–Kier alpha value is -1.43. The van der Waals surface area contributed by atoms with E-state index in [1.165, 1.54) is 24.2 Å². The lowest BCUT2D eigenvalue weighted by molar-refractivity contribution is 0.204. The average Bonchev–Trinajstić information content (AvgIpc) is 2.81. The summed E-state index contributed by atoms with van der Waals surface area (Å²) in [5.41, 5.74) is 7.56. The van der Waals surface area contributed by atoms with E-state index in [4.69, 9.17) is 5.73 Å². The number of hydrogen-bond acceptors (Lipinski definition) is 4. The van der Waals surface area contributed by atoms with Gasteiger partial charge in [-0.05, 0) is 18.8 Å². The highest BCUT2D eigenvalue weighted by Gasteiger charge is 2.38. The fourth-order valence-electron chi connectivity index (χ4n) is 1.93. The Labute approximate surface area is 97.0 Å². The minimum absolute atomic E-state index is 0.180. The molecule has 2 aliphatic rings. The number of aromatic nitrogens is 1. The summed E-state index contributed by atoms with van der Waals surface area (Å²) in [6, 6.07) is -0.386. The normalized spacial score (nSPS) is 25.0. The molecule has 1 aliphatic heterocycles. The molecule has 5 nitrogen and oxygen atoms in total. The predicted molar refractivity (Wildman–Crippen MR) is 61.3 cm³/mol. The molecule has 1 aromatic rings. The first-order valence-corrected chi connectivity index (χ1v) is 6.16. The number of amides is 2. The van der Waals surface area contributed by atoms with Gasteiger partial charge in [0.2, 0.25) is 0 Å². The number of hydrogen-bond donors (Lipinski definition) is 1. The molecule has 2 heterocycles. The Balaban J connectivity index is 1.87. The van der Waals surface area contributed by atoms with E-state index in [1.807, 2.05) is 0 Å². The number of thiazole rings is 1. The third-order valence-electron chi connectivity index (χ3n) is 2.94. The molecule has 1 atom stereocenters. The number of urea groups is 1. The van der Waals surface area contributed by atoms with Crippen LogP contribution in [0.4, 0.5) is 4.79 Å². The highest BCUT2D eigenvalue weighted by atomic mass is 32.1. The van der Waals surface area contributed by atoms with Gasteiger partial charge in [0.05, 0.1) is 10.4 Å². The lowest BCUT2D eigenvalue weighted by Crippen LogP contribution is -2.34. The molecule has 0 aromatic carbocycles. The quantitative estimate of drug-likeness (QED) is 0.862. The smallest absolute Gasteiger partial charge is 0.346 e. The summed E-state index contributed by atoms with van der Waals surface area (Å²) in [5.74, 6) is 1.04. The SMILES string of the molecule is NC1=NC(=O)N(CC2CC2)C1c1cncs1.